The summed E-state index contributed by atoms with van der Waals surface area (Å²) in [4.78, 5) is 11.2. The molecule has 0 heterocycles. The molecule has 0 aliphatic carbocycles. The number of thioether (sulfide) groups is 1. The Bertz CT molecular complexity index is 769. The number of anilines is 1. The Kier molecular flexibility index (Phi) is 7.33. The highest BCUT2D eigenvalue weighted by Gasteiger charge is 2.14. The number of para-hydroxylation sites is 1. The zero-order valence-corrected chi connectivity index (χ0v) is 14.7. The fraction of sp³-hybridized carbons (Fsp3) is 0.125. The zero-order valence-electron chi connectivity index (χ0n) is 13.1. The second-order valence-electron chi connectivity index (χ2n) is 4.75. The van der Waals surface area contributed by atoms with E-state index < -0.39 is 4.92 Å². The van der Waals surface area contributed by atoms with Crippen LogP contribution in [0.25, 0.3) is 0 Å². The lowest BCUT2D eigenvalue weighted by molar-refractivity contribution is -0.387. The van der Waals surface area contributed by atoms with E-state index in [0.29, 0.717) is 21.3 Å². The number of rotatable bonds is 7. The maximum absolute atomic E-state index is 11.2. The van der Waals surface area contributed by atoms with Gasteiger partial charge in [-0.15, -0.1) is 11.8 Å². The second kappa shape index (κ2) is 9.72. The van der Waals surface area contributed by atoms with Gasteiger partial charge in [-0.1, -0.05) is 24.3 Å². The largest absolute Gasteiger partial charge is 0.396 e. The lowest BCUT2D eigenvalue weighted by Crippen LogP contribution is -2.23. The summed E-state index contributed by atoms with van der Waals surface area (Å²) >= 11 is 6.35. The van der Waals surface area contributed by atoms with Crippen molar-refractivity contribution in [2.45, 2.75) is 4.90 Å². The maximum atomic E-state index is 11.2. The summed E-state index contributed by atoms with van der Waals surface area (Å²) in [6, 6.07) is 14.2. The quantitative estimate of drug-likeness (QED) is 0.225. The molecule has 0 spiro atoms. The molecule has 0 saturated carbocycles. The van der Waals surface area contributed by atoms with Crippen molar-refractivity contribution in [2.75, 3.05) is 17.7 Å². The van der Waals surface area contributed by atoms with Crippen LogP contribution < -0.4 is 10.7 Å². The molecule has 7 nitrogen and oxygen atoms in total. The molecule has 2 aromatic carbocycles. The predicted molar refractivity (Wildman–Crippen MR) is 104 cm³/mol. The Balaban J connectivity index is 1.99. The minimum atomic E-state index is -0.452. The zero-order chi connectivity index (χ0) is 18.1. The number of benzene rings is 2. The molecule has 3 N–H and O–H groups in total. The number of thiocarbonyl (C=S) groups is 1. The van der Waals surface area contributed by atoms with Gasteiger partial charge in [0.2, 0.25) is 0 Å². The molecule has 0 amide bonds. The number of hydrogen-bond donors (Lipinski definition) is 3. The number of aliphatic hydroxyl groups is 1. The van der Waals surface area contributed by atoms with Crippen LogP contribution in [-0.2, 0) is 0 Å². The molecular formula is C16H16N4O3S2. The van der Waals surface area contributed by atoms with E-state index in [1.807, 2.05) is 30.3 Å². The van der Waals surface area contributed by atoms with E-state index in [2.05, 4.69) is 15.8 Å². The molecule has 2 rings (SSSR count). The van der Waals surface area contributed by atoms with Crippen LogP contribution in [0.1, 0.15) is 5.56 Å². The molecule has 0 aromatic heterocycles. The number of nitrogens with one attached hydrogen (secondary N) is 2. The smallest absolute Gasteiger partial charge is 0.283 e. The Morgan fingerprint density at radius 1 is 1.32 bits per heavy atom. The van der Waals surface area contributed by atoms with Gasteiger partial charge in [0.15, 0.2) is 5.11 Å². The Labute approximate surface area is 154 Å². The Morgan fingerprint density at radius 2 is 2.08 bits per heavy atom. The van der Waals surface area contributed by atoms with E-state index in [0.717, 1.165) is 5.69 Å². The van der Waals surface area contributed by atoms with E-state index in [9.17, 15) is 10.1 Å². The molecule has 0 unspecified atom stereocenters. The van der Waals surface area contributed by atoms with E-state index in [1.54, 1.807) is 12.1 Å². The van der Waals surface area contributed by atoms with E-state index in [-0.39, 0.29) is 12.3 Å². The predicted octanol–water partition coefficient (Wildman–Crippen LogP) is 3.00. The summed E-state index contributed by atoms with van der Waals surface area (Å²) in [6.45, 7) is -0.0409. The molecule has 0 bridgehead atoms. The van der Waals surface area contributed by atoms with E-state index in [1.165, 1.54) is 24.0 Å². The highest BCUT2D eigenvalue weighted by atomic mass is 32.2. The number of nitrogens with zero attached hydrogens (tertiary/aromatic N) is 2. The second-order valence-corrected chi connectivity index (χ2v) is 6.29. The summed E-state index contributed by atoms with van der Waals surface area (Å²) < 4.78 is 0. The third-order valence-corrected chi connectivity index (χ3v) is 4.18. The summed E-state index contributed by atoms with van der Waals surface area (Å²) in [5.74, 6) is 0.398. The molecule has 0 saturated heterocycles. The molecule has 25 heavy (non-hydrogen) atoms. The molecule has 0 radical (unpaired) electrons. The first kappa shape index (κ1) is 18.8. The van der Waals surface area contributed by atoms with Gasteiger partial charge in [-0.05, 0) is 30.4 Å². The van der Waals surface area contributed by atoms with Gasteiger partial charge in [-0.25, -0.2) is 0 Å². The van der Waals surface area contributed by atoms with Crippen LogP contribution in [0.3, 0.4) is 0 Å². The van der Waals surface area contributed by atoms with Gasteiger partial charge < -0.3 is 10.4 Å². The standard InChI is InChI=1S/C16H16N4O3S2/c21-8-9-25-15-7-6-12(10-14(15)20(22)23)11-17-19-16(24)18-13-4-2-1-3-5-13/h1-7,10-11,21H,8-9H2,(H2,18,19,24)/b17-11-. The highest BCUT2D eigenvalue weighted by Crippen LogP contribution is 2.29. The first-order valence-corrected chi connectivity index (χ1v) is 8.66. The minimum Gasteiger partial charge on any atom is -0.396 e. The minimum absolute atomic E-state index is 0.0209. The van der Waals surface area contributed by atoms with Crippen molar-refractivity contribution < 1.29 is 10.0 Å². The van der Waals surface area contributed by atoms with Crippen LogP contribution in [-0.4, -0.2) is 33.7 Å². The maximum Gasteiger partial charge on any atom is 0.283 e. The van der Waals surface area contributed by atoms with Crippen molar-refractivity contribution in [2.24, 2.45) is 5.10 Å². The van der Waals surface area contributed by atoms with Gasteiger partial charge in [-0.3, -0.25) is 15.5 Å². The number of hydrogen-bond acceptors (Lipinski definition) is 6. The van der Waals surface area contributed by atoms with Gasteiger partial charge in [0.1, 0.15) is 0 Å². The summed E-state index contributed by atoms with van der Waals surface area (Å²) in [7, 11) is 0. The van der Waals surface area contributed by atoms with Crippen LogP contribution >= 0.6 is 24.0 Å². The van der Waals surface area contributed by atoms with Crippen LogP contribution in [0.4, 0.5) is 11.4 Å². The molecule has 0 aliphatic rings. The lowest BCUT2D eigenvalue weighted by atomic mass is 10.2. The molecule has 0 atom stereocenters. The molecular weight excluding hydrogens is 360 g/mol. The summed E-state index contributed by atoms with van der Waals surface area (Å²) in [5.41, 5.74) is 4.03. The van der Waals surface area contributed by atoms with Crippen molar-refractivity contribution in [1.82, 2.24) is 5.43 Å². The van der Waals surface area contributed by atoms with Crippen molar-refractivity contribution in [1.29, 1.82) is 0 Å². The van der Waals surface area contributed by atoms with E-state index >= 15 is 0 Å². The fourth-order valence-electron chi connectivity index (χ4n) is 1.88. The Morgan fingerprint density at radius 3 is 2.76 bits per heavy atom. The number of nitro benzene ring substituents is 1. The third kappa shape index (κ3) is 6.14. The SMILES string of the molecule is O=[N+]([O-])c1cc(/C=N\NC(=S)Nc2ccccc2)ccc1SCCO. The van der Waals surface area contributed by atoms with Crippen LogP contribution in [0.5, 0.6) is 0 Å². The average molecular weight is 376 g/mol. The summed E-state index contributed by atoms with van der Waals surface area (Å²) in [5, 5.41) is 27.3. The fourth-order valence-corrected chi connectivity index (χ4v) is 2.81. The lowest BCUT2D eigenvalue weighted by Gasteiger charge is -2.06. The van der Waals surface area contributed by atoms with Crippen molar-refractivity contribution in [3.63, 3.8) is 0 Å². The normalized spacial score (nSPS) is 10.6. The van der Waals surface area contributed by atoms with Crippen molar-refractivity contribution in [3.05, 3.63) is 64.2 Å². The van der Waals surface area contributed by atoms with E-state index in [4.69, 9.17) is 17.3 Å². The third-order valence-electron chi connectivity index (χ3n) is 2.94. The van der Waals surface area contributed by atoms with Crippen LogP contribution in [0.15, 0.2) is 58.5 Å². The summed E-state index contributed by atoms with van der Waals surface area (Å²) in [6.07, 6.45) is 1.45. The molecule has 0 fully saturated rings. The van der Waals surface area contributed by atoms with Crippen molar-refractivity contribution >= 4 is 46.7 Å². The number of aliphatic hydroxyl groups excluding tert-OH is 1. The van der Waals surface area contributed by atoms with Crippen molar-refractivity contribution in [3.8, 4) is 0 Å². The van der Waals surface area contributed by atoms with Gasteiger partial charge in [-0.2, -0.15) is 5.10 Å². The van der Waals surface area contributed by atoms with Gasteiger partial charge in [0.25, 0.3) is 5.69 Å². The monoisotopic (exact) mass is 376 g/mol. The molecule has 130 valence electrons. The first-order valence-electron chi connectivity index (χ1n) is 7.27. The van der Waals surface area contributed by atoms with Crippen LogP contribution in [0.2, 0.25) is 0 Å². The van der Waals surface area contributed by atoms with Gasteiger partial charge >= 0.3 is 0 Å². The van der Waals surface area contributed by atoms with Gasteiger partial charge in [0.05, 0.1) is 22.6 Å². The average Bonchev–Trinajstić information content (AvgIpc) is 2.61. The molecule has 9 heteroatoms. The molecule has 2 aromatic rings. The highest BCUT2D eigenvalue weighted by molar-refractivity contribution is 7.99. The Hall–Kier alpha value is -2.49. The topological polar surface area (TPSA) is 99.8 Å². The number of nitro groups is 1. The number of hydrazone groups is 1. The first-order chi connectivity index (χ1) is 12.1. The molecule has 0 aliphatic heterocycles. The van der Waals surface area contributed by atoms with Gasteiger partial charge in [0, 0.05) is 23.1 Å². The van der Waals surface area contributed by atoms with Crippen LogP contribution in [0, 0.1) is 10.1 Å².